The number of nitrogens with two attached hydrogens (primary N) is 1. The zero-order valence-electron chi connectivity index (χ0n) is 16.7. The van der Waals surface area contributed by atoms with E-state index in [-0.39, 0.29) is 36.4 Å². The second-order valence-electron chi connectivity index (χ2n) is 7.83. The third kappa shape index (κ3) is 2.20. The third-order valence-corrected chi connectivity index (χ3v) is 6.42. The number of phenolic OH excluding ortho intramolecular Hbond substituents is 1. The number of hydrogen-bond donors (Lipinski definition) is 3. The molecule has 0 amide bonds. The summed E-state index contributed by atoms with van der Waals surface area (Å²) in [5, 5.41) is 21.9. The van der Waals surface area contributed by atoms with Gasteiger partial charge in [0.1, 0.15) is 12.4 Å². The van der Waals surface area contributed by atoms with Gasteiger partial charge in [0.05, 0.1) is 29.0 Å². The molecule has 2 aliphatic rings. The van der Waals surface area contributed by atoms with Crippen molar-refractivity contribution in [2.75, 3.05) is 0 Å². The van der Waals surface area contributed by atoms with E-state index in [1.807, 2.05) is 6.92 Å². The lowest BCUT2D eigenvalue weighted by Gasteiger charge is -2.31. The summed E-state index contributed by atoms with van der Waals surface area (Å²) in [4.78, 5) is 30.3. The van der Waals surface area contributed by atoms with Gasteiger partial charge in [0.15, 0.2) is 5.60 Å². The fraction of sp³-hybridized carbons (Fsp3) is 0.318. The lowest BCUT2D eigenvalue weighted by atomic mass is 9.86. The van der Waals surface area contributed by atoms with Crippen molar-refractivity contribution in [3.05, 3.63) is 56.4 Å². The van der Waals surface area contributed by atoms with Crippen LogP contribution < -0.4 is 11.3 Å². The van der Waals surface area contributed by atoms with Crippen LogP contribution in [0.1, 0.15) is 41.2 Å². The molecule has 0 unspecified atom stereocenters. The lowest BCUT2D eigenvalue weighted by Crippen LogP contribution is -2.44. The minimum absolute atomic E-state index is 0.0951. The second kappa shape index (κ2) is 6.13. The first-order valence-electron chi connectivity index (χ1n) is 9.83. The Morgan fingerprint density at radius 1 is 1.30 bits per heavy atom. The number of hydrogen-bond acceptors (Lipinski definition) is 7. The Hall–Kier alpha value is -3.23. The maximum absolute atomic E-state index is 13.2. The number of rotatable bonds is 2. The lowest BCUT2D eigenvalue weighted by molar-refractivity contribution is -0.172. The van der Waals surface area contributed by atoms with E-state index in [9.17, 15) is 19.8 Å². The second-order valence-corrected chi connectivity index (χ2v) is 7.83. The number of cyclic esters (lactones) is 1. The van der Waals surface area contributed by atoms with Crippen LogP contribution in [-0.4, -0.2) is 25.7 Å². The van der Waals surface area contributed by atoms with Crippen LogP contribution >= 0.6 is 0 Å². The fourth-order valence-electron chi connectivity index (χ4n) is 4.68. The standard InChI is InChI=1S/C22H21N3O5/c1-3-22(29)14-6-16-19-12(8-25(16)20(27)13(14)9-30-21(22)28)10(2)18-11(7-23)17(26)5-4-15(18)24-19/h4-6,26,29H,3,7-9,23H2,1-2H3/t22-/m0/s1. The monoisotopic (exact) mass is 407 g/mol. The van der Waals surface area contributed by atoms with E-state index >= 15 is 0 Å². The summed E-state index contributed by atoms with van der Waals surface area (Å²) in [6.07, 6.45) is 0.0951. The van der Waals surface area contributed by atoms with Crippen molar-refractivity contribution in [1.29, 1.82) is 0 Å². The van der Waals surface area contributed by atoms with Gasteiger partial charge < -0.3 is 25.3 Å². The SMILES string of the molecule is CC[C@@]1(O)C(=O)OCc2c1cc1n(c2=O)Cc2c-1nc1ccc(O)c(CN)c1c2C. The molecular weight excluding hydrogens is 386 g/mol. The third-order valence-electron chi connectivity index (χ3n) is 6.42. The average molecular weight is 407 g/mol. The highest BCUT2D eigenvalue weighted by atomic mass is 16.6. The van der Waals surface area contributed by atoms with Gasteiger partial charge in [-0.15, -0.1) is 0 Å². The Bertz CT molecular complexity index is 1330. The molecule has 4 heterocycles. The van der Waals surface area contributed by atoms with E-state index < -0.39 is 11.6 Å². The van der Waals surface area contributed by atoms with E-state index in [0.717, 1.165) is 16.5 Å². The number of aryl methyl sites for hydroxylation is 1. The van der Waals surface area contributed by atoms with Crippen molar-refractivity contribution in [3.8, 4) is 17.1 Å². The summed E-state index contributed by atoms with van der Waals surface area (Å²) >= 11 is 0. The molecule has 0 bridgehead atoms. The number of fused-ring (bicyclic) bond motifs is 5. The Balaban J connectivity index is 1.83. The van der Waals surface area contributed by atoms with Gasteiger partial charge in [-0.2, -0.15) is 0 Å². The van der Waals surface area contributed by atoms with Gasteiger partial charge in [0.2, 0.25) is 0 Å². The molecule has 1 atom stereocenters. The van der Waals surface area contributed by atoms with Gasteiger partial charge >= 0.3 is 5.97 Å². The van der Waals surface area contributed by atoms with Crippen molar-refractivity contribution in [1.82, 2.24) is 9.55 Å². The van der Waals surface area contributed by atoms with E-state index in [0.29, 0.717) is 34.6 Å². The highest BCUT2D eigenvalue weighted by molar-refractivity contribution is 5.92. The summed E-state index contributed by atoms with van der Waals surface area (Å²) in [5.41, 5.74) is 8.50. The first-order chi connectivity index (χ1) is 14.3. The number of carbonyl (C=O) groups is 1. The number of pyridine rings is 2. The molecule has 8 heteroatoms. The van der Waals surface area contributed by atoms with Crippen LogP contribution in [0.2, 0.25) is 0 Å². The molecule has 4 N–H and O–H groups in total. The number of aromatic hydroxyl groups is 1. The van der Waals surface area contributed by atoms with Gasteiger partial charge in [-0.05, 0) is 37.1 Å². The summed E-state index contributed by atoms with van der Waals surface area (Å²) in [7, 11) is 0. The number of nitrogens with zero attached hydrogens (tertiary/aromatic N) is 2. The highest BCUT2D eigenvalue weighted by Gasteiger charge is 2.45. The van der Waals surface area contributed by atoms with E-state index in [2.05, 4.69) is 0 Å². The van der Waals surface area contributed by atoms with E-state index in [1.165, 1.54) is 0 Å². The summed E-state index contributed by atoms with van der Waals surface area (Å²) in [5.74, 6) is -0.632. The van der Waals surface area contributed by atoms with Crippen molar-refractivity contribution < 1.29 is 19.7 Å². The van der Waals surface area contributed by atoms with Crippen molar-refractivity contribution in [2.24, 2.45) is 5.73 Å². The fourth-order valence-corrected chi connectivity index (χ4v) is 4.68. The zero-order valence-corrected chi connectivity index (χ0v) is 16.7. The van der Waals surface area contributed by atoms with Crippen molar-refractivity contribution in [2.45, 2.75) is 45.6 Å². The van der Waals surface area contributed by atoms with Crippen LogP contribution in [0.3, 0.4) is 0 Å². The molecule has 8 nitrogen and oxygen atoms in total. The topological polar surface area (TPSA) is 128 Å². The minimum atomic E-state index is -1.85. The molecule has 5 rings (SSSR count). The van der Waals surface area contributed by atoms with Crippen LogP contribution in [0.15, 0.2) is 23.0 Å². The molecule has 0 saturated heterocycles. The van der Waals surface area contributed by atoms with Crippen molar-refractivity contribution >= 4 is 16.9 Å². The predicted octanol–water partition coefficient (Wildman–Crippen LogP) is 1.55. The van der Waals surface area contributed by atoms with Gasteiger partial charge in [0, 0.05) is 28.6 Å². The summed E-state index contributed by atoms with van der Waals surface area (Å²) in [6.45, 7) is 3.91. The number of carbonyl (C=O) groups excluding carboxylic acids is 1. The molecule has 0 radical (unpaired) electrons. The normalized spacial score (nSPS) is 19.4. The number of ether oxygens (including phenoxy) is 1. The molecule has 0 spiro atoms. The number of aliphatic hydroxyl groups is 1. The predicted molar refractivity (Wildman–Crippen MR) is 109 cm³/mol. The van der Waals surface area contributed by atoms with E-state index in [4.69, 9.17) is 15.5 Å². The Labute approximate surface area is 171 Å². The van der Waals surface area contributed by atoms with Crippen LogP contribution in [0, 0.1) is 6.92 Å². The molecule has 0 aliphatic carbocycles. The molecule has 0 fully saturated rings. The zero-order chi connectivity index (χ0) is 21.4. The molecule has 1 aromatic carbocycles. The van der Waals surface area contributed by atoms with Crippen LogP contribution in [0.5, 0.6) is 5.75 Å². The maximum Gasteiger partial charge on any atom is 0.343 e. The molecule has 2 aromatic heterocycles. The first-order valence-corrected chi connectivity index (χ1v) is 9.83. The Morgan fingerprint density at radius 2 is 2.07 bits per heavy atom. The number of phenols is 1. The molecule has 30 heavy (non-hydrogen) atoms. The summed E-state index contributed by atoms with van der Waals surface area (Å²) in [6, 6.07) is 4.97. The first kappa shape index (κ1) is 18.8. The largest absolute Gasteiger partial charge is 0.508 e. The number of aromatic nitrogens is 2. The minimum Gasteiger partial charge on any atom is -0.508 e. The maximum atomic E-state index is 13.2. The quantitative estimate of drug-likeness (QED) is 0.430. The van der Waals surface area contributed by atoms with Gasteiger partial charge in [-0.3, -0.25) is 4.79 Å². The van der Waals surface area contributed by atoms with Gasteiger partial charge in [-0.1, -0.05) is 6.92 Å². The molecule has 154 valence electrons. The molecule has 0 saturated carbocycles. The Morgan fingerprint density at radius 3 is 2.77 bits per heavy atom. The average Bonchev–Trinajstić information content (AvgIpc) is 3.11. The molecule has 3 aromatic rings. The van der Waals surface area contributed by atoms with Crippen LogP contribution in [0.4, 0.5) is 0 Å². The van der Waals surface area contributed by atoms with E-state index in [1.54, 1.807) is 29.7 Å². The van der Waals surface area contributed by atoms with Gasteiger partial charge in [0.25, 0.3) is 5.56 Å². The van der Waals surface area contributed by atoms with Gasteiger partial charge in [-0.25, -0.2) is 9.78 Å². The highest BCUT2D eigenvalue weighted by Crippen LogP contribution is 2.41. The molecule has 2 aliphatic heterocycles. The van der Waals surface area contributed by atoms with Crippen LogP contribution in [-0.2, 0) is 34.8 Å². The number of benzene rings is 1. The van der Waals surface area contributed by atoms with Crippen LogP contribution in [0.25, 0.3) is 22.3 Å². The smallest absolute Gasteiger partial charge is 0.343 e. The Kier molecular flexibility index (Phi) is 3.84. The van der Waals surface area contributed by atoms with Crippen molar-refractivity contribution in [3.63, 3.8) is 0 Å². The number of esters is 1. The summed E-state index contributed by atoms with van der Waals surface area (Å²) < 4.78 is 6.70. The molecular formula is C22H21N3O5.